The molecule has 1 saturated heterocycles. The van der Waals surface area contributed by atoms with Crippen molar-refractivity contribution in [2.75, 3.05) is 44.6 Å². The highest BCUT2D eigenvalue weighted by Gasteiger charge is 2.23. The second kappa shape index (κ2) is 9.48. The van der Waals surface area contributed by atoms with Crippen LogP contribution in [0.25, 0.3) is 0 Å². The Hall–Kier alpha value is -2.71. The topological polar surface area (TPSA) is 81.8 Å². The van der Waals surface area contributed by atoms with Crippen molar-refractivity contribution >= 4 is 34.7 Å². The summed E-state index contributed by atoms with van der Waals surface area (Å²) in [7, 11) is 0. The van der Waals surface area contributed by atoms with E-state index in [2.05, 4.69) is 15.5 Å². The van der Waals surface area contributed by atoms with E-state index < -0.39 is 0 Å². The van der Waals surface area contributed by atoms with Gasteiger partial charge in [-0.05, 0) is 42.6 Å². The summed E-state index contributed by atoms with van der Waals surface area (Å²) in [6, 6.07) is 10.5. The summed E-state index contributed by atoms with van der Waals surface area (Å²) in [5.41, 5.74) is 1.24. The normalized spacial score (nSPS) is 14.5. The molecular formula is C20H24N4O3S. The molecule has 3 rings (SSSR count). The Kier molecular flexibility index (Phi) is 6.78. The molecule has 1 aliphatic heterocycles. The lowest BCUT2D eigenvalue weighted by molar-refractivity contribution is -0.122. The smallest absolute Gasteiger partial charge is 0.265 e. The molecule has 1 aliphatic rings. The van der Waals surface area contributed by atoms with Crippen molar-refractivity contribution in [1.82, 2.24) is 15.1 Å². The second-order valence-electron chi connectivity index (χ2n) is 6.53. The van der Waals surface area contributed by atoms with E-state index in [4.69, 9.17) is 0 Å². The van der Waals surface area contributed by atoms with Crippen LogP contribution in [0.2, 0.25) is 0 Å². The molecule has 2 N–H and O–H groups in total. The van der Waals surface area contributed by atoms with Crippen molar-refractivity contribution in [3.05, 3.63) is 52.2 Å². The molecule has 0 unspecified atom stereocenters. The monoisotopic (exact) mass is 400 g/mol. The first-order valence-corrected chi connectivity index (χ1v) is 10.2. The largest absolute Gasteiger partial charge is 0.355 e. The maximum atomic E-state index is 12.7. The summed E-state index contributed by atoms with van der Waals surface area (Å²) in [4.78, 5) is 40.9. The zero-order valence-corrected chi connectivity index (χ0v) is 16.6. The summed E-state index contributed by atoms with van der Waals surface area (Å²) in [5.74, 6) is -0.173. The number of piperazine rings is 1. The molecule has 0 aliphatic carbocycles. The maximum Gasteiger partial charge on any atom is 0.265 e. The summed E-state index contributed by atoms with van der Waals surface area (Å²) >= 11 is 1.38. The molecule has 0 atom stereocenters. The Morgan fingerprint density at radius 3 is 2.36 bits per heavy atom. The molecular weight excluding hydrogens is 376 g/mol. The predicted octanol–water partition coefficient (Wildman–Crippen LogP) is 1.89. The average molecular weight is 401 g/mol. The van der Waals surface area contributed by atoms with Crippen LogP contribution in [-0.2, 0) is 4.79 Å². The highest BCUT2D eigenvalue weighted by Crippen LogP contribution is 2.16. The van der Waals surface area contributed by atoms with Crippen molar-refractivity contribution < 1.29 is 14.4 Å². The number of carbonyl (C=O) groups is 3. The number of benzene rings is 1. The van der Waals surface area contributed by atoms with Gasteiger partial charge in [0.25, 0.3) is 11.8 Å². The number of nitrogens with one attached hydrogen (secondary N) is 2. The van der Waals surface area contributed by atoms with Crippen molar-refractivity contribution in [3.63, 3.8) is 0 Å². The van der Waals surface area contributed by atoms with Gasteiger partial charge >= 0.3 is 0 Å². The molecule has 3 amide bonds. The van der Waals surface area contributed by atoms with Crippen LogP contribution in [0.1, 0.15) is 27.0 Å². The van der Waals surface area contributed by atoms with Crippen LogP contribution in [0.3, 0.4) is 0 Å². The number of hydrogen-bond donors (Lipinski definition) is 2. The van der Waals surface area contributed by atoms with Gasteiger partial charge in [0, 0.05) is 44.0 Å². The molecule has 2 aromatic rings. The minimum atomic E-state index is -0.155. The molecule has 0 saturated carbocycles. The van der Waals surface area contributed by atoms with Gasteiger partial charge in [0.2, 0.25) is 5.91 Å². The van der Waals surface area contributed by atoms with E-state index in [0.717, 1.165) is 0 Å². The number of nitrogens with zero attached hydrogens (tertiary/aromatic N) is 2. The molecule has 28 heavy (non-hydrogen) atoms. The highest BCUT2D eigenvalue weighted by atomic mass is 32.1. The van der Waals surface area contributed by atoms with E-state index in [-0.39, 0.29) is 17.7 Å². The Bertz CT molecular complexity index is 812. The van der Waals surface area contributed by atoms with Crippen LogP contribution in [0.15, 0.2) is 41.8 Å². The van der Waals surface area contributed by atoms with Gasteiger partial charge < -0.3 is 15.5 Å². The average Bonchev–Trinajstić information content (AvgIpc) is 3.24. The lowest BCUT2D eigenvalue weighted by atomic mass is 10.1. The van der Waals surface area contributed by atoms with E-state index in [1.165, 1.54) is 11.3 Å². The molecule has 1 fully saturated rings. The molecule has 1 aromatic carbocycles. The van der Waals surface area contributed by atoms with Crippen LogP contribution in [0.4, 0.5) is 5.69 Å². The number of hydrogen-bond acceptors (Lipinski definition) is 5. The third kappa shape index (κ3) is 5.17. The van der Waals surface area contributed by atoms with Crippen molar-refractivity contribution in [1.29, 1.82) is 0 Å². The number of amides is 3. The van der Waals surface area contributed by atoms with Crippen LogP contribution in [-0.4, -0.2) is 66.8 Å². The summed E-state index contributed by atoms with van der Waals surface area (Å²) in [5, 5.41) is 7.47. The maximum absolute atomic E-state index is 12.7. The predicted molar refractivity (Wildman–Crippen MR) is 110 cm³/mol. The molecule has 0 bridgehead atoms. The van der Waals surface area contributed by atoms with E-state index in [1.54, 1.807) is 35.2 Å². The fraction of sp³-hybridized carbons (Fsp3) is 0.350. The SMILES string of the molecule is CCNC(=O)CN1CCN(C(=O)c2ccc(NC(=O)c3cccs3)cc2)CC1. The zero-order chi connectivity index (χ0) is 19.9. The van der Waals surface area contributed by atoms with Crippen LogP contribution >= 0.6 is 11.3 Å². The Morgan fingerprint density at radius 1 is 1.04 bits per heavy atom. The van der Waals surface area contributed by atoms with Crippen molar-refractivity contribution in [2.24, 2.45) is 0 Å². The molecule has 0 radical (unpaired) electrons. The quantitative estimate of drug-likeness (QED) is 0.776. The first-order valence-electron chi connectivity index (χ1n) is 9.30. The van der Waals surface area contributed by atoms with Gasteiger partial charge in [-0.1, -0.05) is 6.07 Å². The summed E-state index contributed by atoms with van der Waals surface area (Å²) < 4.78 is 0. The minimum Gasteiger partial charge on any atom is -0.355 e. The third-order valence-corrected chi connectivity index (χ3v) is 5.40. The molecule has 7 nitrogen and oxygen atoms in total. The molecule has 148 valence electrons. The lowest BCUT2D eigenvalue weighted by Crippen LogP contribution is -2.51. The van der Waals surface area contributed by atoms with Gasteiger partial charge in [-0.2, -0.15) is 0 Å². The fourth-order valence-electron chi connectivity index (χ4n) is 3.04. The van der Waals surface area contributed by atoms with Gasteiger partial charge in [-0.15, -0.1) is 11.3 Å². The van der Waals surface area contributed by atoms with Gasteiger partial charge in [-0.25, -0.2) is 0 Å². The van der Waals surface area contributed by atoms with Gasteiger partial charge in [0.05, 0.1) is 11.4 Å². The van der Waals surface area contributed by atoms with Gasteiger partial charge in [0.1, 0.15) is 0 Å². The molecule has 0 spiro atoms. The minimum absolute atomic E-state index is 0.0162. The van der Waals surface area contributed by atoms with Crippen molar-refractivity contribution in [2.45, 2.75) is 6.92 Å². The second-order valence-corrected chi connectivity index (χ2v) is 7.48. The van der Waals surface area contributed by atoms with Crippen LogP contribution < -0.4 is 10.6 Å². The molecule has 8 heteroatoms. The summed E-state index contributed by atoms with van der Waals surface area (Å²) in [6.45, 7) is 5.43. The van der Waals surface area contributed by atoms with Crippen LogP contribution in [0, 0.1) is 0 Å². The van der Waals surface area contributed by atoms with Gasteiger partial charge in [0.15, 0.2) is 0 Å². The Morgan fingerprint density at radius 2 is 1.75 bits per heavy atom. The number of rotatable bonds is 6. The first kappa shape index (κ1) is 20.0. The number of carbonyl (C=O) groups excluding carboxylic acids is 3. The van der Waals surface area contributed by atoms with E-state index >= 15 is 0 Å². The molecule has 2 heterocycles. The Balaban J connectivity index is 1.51. The fourth-order valence-corrected chi connectivity index (χ4v) is 3.66. The van der Waals surface area contributed by atoms with E-state index in [9.17, 15) is 14.4 Å². The highest BCUT2D eigenvalue weighted by molar-refractivity contribution is 7.12. The van der Waals surface area contributed by atoms with Gasteiger partial charge in [-0.3, -0.25) is 19.3 Å². The third-order valence-electron chi connectivity index (χ3n) is 4.54. The standard InChI is InChI=1S/C20H24N4O3S/c1-2-21-18(25)14-23-9-11-24(12-10-23)20(27)15-5-7-16(8-6-15)22-19(26)17-4-3-13-28-17/h3-8,13H,2,9-12,14H2,1H3,(H,21,25)(H,22,26). The van der Waals surface area contributed by atoms with E-state index in [1.807, 2.05) is 18.4 Å². The van der Waals surface area contributed by atoms with Crippen LogP contribution in [0.5, 0.6) is 0 Å². The molecule has 1 aromatic heterocycles. The number of thiophene rings is 1. The lowest BCUT2D eigenvalue weighted by Gasteiger charge is -2.34. The number of anilines is 1. The summed E-state index contributed by atoms with van der Waals surface area (Å²) in [6.07, 6.45) is 0. The van der Waals surface area contributed by atoms with E-state index in [0.29, 0.717) is 55.4 Å². The van der Waals surface area contributed by atoms with Crippen molar-refractivity contribution in [3.8, 4) is 0 Å². The number of likely N-dealkylation sites (N-methyl/N-ethyl adjacent to an activating group) is 1. The zero-order valence-electron chi connectivity index (χ0n) is 15.8. The Labute approximate surface area is 168 Å². The first-order chi connectivity index (χ1) is 13.6.